The molecule has 168 valence electrons. The SMILES string of the molecule is CCOC(=O)C1CCCN(C(=NC)NCc2cccnc2Oc2cccc(F)c2)C1.I. The van der Waals surface area contributed by atoms with E-state index in [-0.39, 0.29) is 41.7 Å². The van der Waals surface area contributed by atoms with E-state index >= 15 is 0 Å². The van der Waals surface area contributed by atoms with Gasteiger partial charge < -0.3 is 19.7 Å². The predicted octanol–water partition coefficient (Wildman–Crippen LogP) is 3.98. The Labute approximate surface area is 199 Å². The van der Waals surface area contributed by atoms with Crippen LogP contribution in [0.25, 0.3) is 0 Å². The standard InChI is InChI=1S/C22H27FN4O3.HI/c1-3-29-21(28)17-8-6-12-27(15-17)22(24-2)26-14-16-7-5-11-25-20(16)30-19-10-4-9-18(23)13-19;/h4-5,7,9-11,13,17H,3,6,8,12,14-15H2,1-2H3,(H,24,26);1H. The van der Waals surface area contributed by atoms with Crippen molar-refractivity contribution >= 4 is 35.9 Å². The second-order valence-corrected chi connectivity index (χ2v) is 6.97. The van der Waals surface area contributed by atoms with Gasteiger partial charge in [-0.05, 0) is 38.0 Å². The molecule has 1 aromatic heterocycles. The van der Waals surface area contributed by atoms with Crippen LogP contribution in [0.2, 0.25) is 0 Å². The highest BCUT2D eigenvalue weighted by molar-refractivity contribution is 14.0. The van der Waals surface area contributed by atoms with Crippen LogP contribution >= 0.6 is 24.0 Å². The maximum atomic E-state index is 13.4. The molecular formula is C22H28FIN4O3. The molecule has 1 aromatic carbocycles. The summed E-state index contributed by atoms with van der Waals surface area (Å²) in [6.07, 6.45) is 3.34. The number of aliphatic imine (C=N–C) groups is 1. The number of carbonyl (C=O) groups excluding carboxylic acids is 1. The molecule has 1 atom stereocenters. The van der Waals surface area contributed by atoms with E-state index in [2.05, 4.69) is 20.2 Å². The Hall–Kier alpha value is -2.43. The lowest BCUT2D eigenvalue weighted by molar-refractivity contribution is -0.149. The van der Waals surface area contributed by atoms with Crippen LogP contribution in [0, 0.1) is 11.7 Å². The van der Waals surface area contributed by atoms with Crippen molar-refractivity contribution in [2.45, 2.75) is 26.3 Å². The van der Waals surface area contributed by atoms with Gasteiger partial charge in [0.2, 0.25) is 5.88 Å². The molecule has 1 unspecified atom stereocenters. The highest BCUT2D eigenvalue weighted by Crippen LogP contribution is 2.24. The number of aromatic nitrogens is 1. The van der Waals surface area contributed by atoms with Crippen molar-refractivity contribution < 1.29 is 18.7 Å². The Kier molecular flexibility index (Phi) is 9.96. The fourth-order valence-electron chi connectivity index (χ4n) is 3.42. The lowest BCUT2D eigenvalue weighted by Crippen LogP contribution is -2.48. The van der Waals surface area contributed by atoms with Gasteiger partial charge in [-0.1, -0.05) is 12.1 Å². The first kappa shape index (κ1) is 24.8. The number of esters is 1. The van der Waals surface area contributed by atoms with Crippen LogP contribution in [-0.2, 0) is 16.1 Å². The molecule has 0 radical (unpaired) electrons. The van der Waals surface area contributed by atoms with Crippen molar-refractivity contribution in [3.05, 3.63) is 54.0 Å². The zero-order valence-electron chi connectivity index (χ0n) is 17.7. The molecule has 9 heteroatoms. The van der Waals surface area contributed by atoms with Gasteiger partial charge in [-0.2, -0.15) is 0 Å². The molecule has 1 aliphatic rings. The minimum atomic E-state index is -0.371. The molecular weight excluding hydrogens is 514 g/mol. The summed E-state index contributed by atoms with van der Waals surface area (Å²) in [5.41, 5.74) is 0.807. The lowest BCUT2D eigenvalue weighted by atomic mass is 9.98. The van der Waals surface area contributed by atoms with E-state index in [0.29, 0.717) is 37.3 Å². The monoisotopic (exact) mass is 542 g/mol. The topological polar surface area (TPSA) is 76.0 Å². The Morgan fingerprint density at radius 1 is 1.35 bits per heavy atom. The number of nitrogens with one attached hydrogen (secondary N) is 1. The van der Waals surface area contributed by atoms with Crippen molar-refractivity contribution in [2.75, 3.05) is 26.7 Å². The molecule has 0 bridgehead atoms. The molecule has 0 spiro atoms. The van der Waals surface area contributed by atoms with Crippen LogP contribution in [0.5, 0.6) is 11.6 Å². The molecule has 2 aromatic rings. The third-order valence-electron chi connectivity index (χ3n) is 4.85. The second kappa shape index (κ2) is 12.4. The molecule has 31 heavy (non-hydrogen) atoms. The Morgan fingerprint density at radius 3 is 2.94 bits per heavy atom. The van der Waals surface area contributed by atoms with Crippen molar-refractivity contribution in [1.29, 1.82) is 0 Å². The van der Waals surface area contributed by atoms with Gasteiger partial charge in [0.1, 0.15) is 11.6 Å². The summed E-state index contributed by atoms with van der Waals surface area (Å²) in [5.74, 6) is 0.800. The first-order valence-corrected chi connectivity index (χ1v) is 10.1. The number of nitrogens with zero attached hydrogens (tertiary/aromatic N) is 3. The number of halogens is 2. The zero-order valence-corrected chi connectivity index (χ0v) is 20.0. The summed E-state index contributed by atoms with van der Waals surface area (Å²) in [4.78, 5) is 22.8. The molecule has 3 rings (SSSR count). The largest absolute Gasteiger partial charge is 0.466 e. The molecule has 1 saturated heterocycles. The van der Waals surface area contributed by atoms with Gasteiger partial charge >= 0.3 is 5.97 Å². The number of rotatable bonds is 6. The third-order valence-corrected chi connectivity index (χ3v) is 4.85. The van der Waals surface area contributed by atoms with E-state index in [1.165, 1.54) is 12.1 Å². The average Bonchev–Trinajstić information content (AvgIpc) is 2.76. The van der Waals surface area contributed by atoms with Crippen molar-refractivity contribution in [1.82, 2.24) is 15.2 Å². The average molecular weight is 542 g/mol. The molecule has 7 nitrogen and oxygen atoms in total. The summed E-state index contributed by atoms with van der Waals surface area (Å²) < 4.78 is 24.4. The molecule has 2 heterocycles. The minimum Gasteiger partial charge on any atom is -0.466 e. The number of benzene rings is 1. The molecule has 1 aliphatic heterocycles. The fourth-order valence-corrected chi connectivity index (χ4v) is 3.42. The number of pyridine rings is 1. The quantitative estimate of drug-likeness (QED) is 0.258. The van der Waals surface area contributed by atoms with Crippen LogP contribution in [-0.4, -0.2) is 48.6 Å². The molecule has 0 saturated carbocycles. The van der Waals surface area contributed by atoms with E-state index in [9.17, 15) is 9.18 Å². The Bertz CT molecular complexity index is 897. The highest BCUT2D eigenvalue weighted by atomic mass is 127. The van der Waals surface area contributed by atoms with Gasteiger partial charge in [0.15, 0.2) is 5.96 Å². The van der Waals surface area contributed by atoms with E-state index in [1.807, 2.05) is 19.1 Å². The second-order valence-electron chi connectivity index (χ2n) is 6.97. The molecule has 0 aliphatic carbocycles. The first-order valence-electron chi connectivity index (χ1n) is 10.1. The summed E-state index contributed by atoms with van der Waals surface area (Å²) in [6, 6.07) is 9.64. The summed E-state index contributed by atoms with van der Waals surface area (Å²) in [5, 5.41) is 3.31. The highest BCUT2D eigenvalue weighted by Gasteiger charge is 2.28. The number of hydrogen-bond donors (Lipinski definition) is 1. The van der Waals surface area contributed by atoms with Crippen molar-refractivity contribution in [3.8, 4) is 11.6 Å². The summed E-state index contributed by atoms with van der Waals surface area (Å²) >= 11 is 0. The van der Waals surface area contributed by atoms with Crippen molar-refractivity contribution in [2.24, 2.45) is 10.9 Å². The smallest absolute Gasteiger partial charge is 0.310 e. The van der Waals surface area contributed by atoms with Gasteiger partial charge in [-0.15, -0.1) is 24.0 Å². The first-order chi connectivity index (χ1) is 14.6. The van der Waals surface area contributed by atoms with Gasteiger partial charge in [0.25, 0.3) is 0 Å². The fraction of sp³-hybridized carbons (Fsp3) is 0.409. The van der Waals surface area contributed by atoms with Crippen LogP contribution in [0.3, 0.4) is 0 Å². The van der Waals surface area contributed by atoms with Crippen LogP contribution in [0.1, 0.15) is 25.3 Å². The van der Waals surface area contributed by atoms with E-state index < -0.39 is 0 Å². The Balaban J connectivity index is 0.00000341. The van der Waals surface area contributed by atoms with E-state index in [4.69, 9.17) is 9.47 Å². The van der Waals surface area contributed by atoms with Gasteiger partial charge in [-0.25, -0.2) is 9.37 Å². The van der Waals surface area contributed by atoms with Gasteiger partial charge in [-0.3, -0.25) is 9.79 Å². The molecule has 1 N–H and O–H groups in total. The maximum absolute atomic E-state index is 13.4. The summed E-state index contributed by atoms with van der Waals surface area (Å²) in [6.45, 7) is 4.01. The number of carbonyl (C=O) groups is 1. The van der Waals surface area contributed by atoms with Crippen molar-refractivity contribution in [3.63, 3.8) is 0 Å². The zero-order chi connectivity index (χ0) is 21.3. The van der Waals surface area contributed by atoms with Crippen LogP contribution in [0.15, 0.2) is 47.6 Å². The lowest BCUT2D eigenvalue weighted by Gasteiger charge is -2.34. The molecule has 1 fully saturated rings. The van der Waals surface area contributed by atoms with Gasteiger partial charge in [0, 0.05) is 44.5 Å². The number of likely N-dealkylation sites (tertiary alicyclic amines) is 1. The number of ether oxygens (including phenoxy) is 2. The van der Waals surface area contributed by atoms with Crippen LogP contribution in [0.4, 0.5) is 4.39 Å². The van der Waals surface area contributed by atoms with Gasteiger partial charge in [0.05, 0.1) is 12.5 Å². The maximum Gasteiger partial charge on any atom is 0.310 e. The number of guanidine groups is 1. The van der Waals surface area contributed by atoms with E-state index in [1.54, 1.807) is 25.4 Å². The predicted molar refractivity (Wildman–Crippen MR) is 127 cm³/mol. The normalized spacial score (nSPS) is 16.3. The number of hydrogen-bond acceptors (Lipinski definition) is 5. The van der Waals surface area contributed by atoms with Crippen LogP contribution < -0.4 is 10.1 Å². The Morgan fingerprint density at radius 2 is 2.19 bits per heavy atom. The minimum absolute atomic E-state index is 0. The van der Waals surface area contributed by atoms with E-state index in [0.717, 1.165) is 24.9 Å². The third kappa shape index (κ3) is 7.05. The number of piperidine rings is 1. The summed E-state index contributed by atoms with van der Waals surface area (Å²) in [7, 11) is 1.71. The molecule has 0 amide bonds.